The monoisotopic (exact) mass is 272 g/mol. The van der Waals surface area contributed by atoms with Crippen LogP contribution < -0.4 is 11.1 Å². The summed E-state index contributed by atoms with van der Waals surface area (Å²) in [5, 5.41) is 11.5. The fourth-order valence-electron chi connectivity index (χ4n) is 1.60. The molecule has 0 aromatic heterocycles. The van der Waals surface area contributed by atoms with Crippen LogP contribution in [0.4, 0.5) is 15.8 Å². The molecule has 2 aromatic carbocycles. The molecule has 1 amide bonds. The van der Waals surface area contributed by atoms with Gasteiger partial charge in [-0.3, -0.25) is 4.79 Å². The number of benzene rings is 2. The van der Waals surface area contributed by atoms with Crippen molar-refractivity contribution in [1.82, 2.24) is 0 Å². The van der Waals surface area contributed by atoms with E-state index in [1.54, 1.807) is 30.3 Å². The number of anilines is 2. The van der Waals surface area contributed by atoms with Gasteiger partial charge in [0, 0.05) is 23.5 Å². The third-order valence-electron chi connectivity index (χ3n) is 2.55. The molecule has 0 fully saturated rings. The maximum atomic E-state index is 13.1. The van der Waals surface area contributed by atoms with E-state index in [1.807, 2.05) is 0 Å². The zero-order chi connectivity index (χ0) is 14.5. The van der Waals surface area contributed by atoms with Crippen molar-refractivity contribution in [2.75, 3.05) is 11.1 Å². The molecule has 0 saturated carbocycles. The van der Waals surface area contributed by atoms with Gasteiger partial charge in [0.15, 0.2) is 11.6 Å². The first-order chi connectivity index (χ1) is 9.54. The molecular formula is C15H13FN2O2. The van der Waals surface area contributed by atoms with E-state index in [0.29, 0.717) is 5.69 Å². The smallest absolute Gasteiger partial charge is 0.248 e. The number of hydrogen-bond donors (Lipinski definition) is 3. The van der Waals surface area contributed by atoms with Gasteiger partial charge in [0.1, 0.15) is 0 Å². The summed E-state index contributed by atoms with van der Waals surface area (Å²) in [5.74, 6) is -1.65. The molecule has 0 heterocycles. The minimum absolute atomic E-state index is 0.266. The first kappa shape index (κ1) is 13.6. The van der Waals surface area contributed by atoms with Crippen molar-refractivity contribution in [3.8, 4) is 5.75 Å². The van der Waals surface area contributed by atoms with E-state index in [4.69, 9.17) is 10.8 Å². The van der Waals surface area contributed by atoms with E-state index in [0.717, 1.165) is 11.6 Å². The molecule has 20 heavy (non-hydrogen) atoms. The summed E-state index contributed by atoms with van der Waals surface area (Å²) in [5.41, 5.74) is 7.28. The largest absolute Gasteiger partial charge is 0.505 e. The van der Waals surface area contributed by atoms with Crippen LogP contribution in [0.2, 0.25) is 0 Å². The number of phenols is 1. The first-order valence-corrected chi connectivity index (χ1v) is 5.88. The number of carbonyl (C=O) groups excluding carboxylic acids is 1. The molecule has 102 valence electrons. The Morgan fingerprint density at radius 1 is 1.25 bits per heavy atom. The normalized spacial score (nSPS) is 10.7. The number of nitrogen functional groups attached to an aromatic ring is 1. The van der Waals surface area contributed by atoms with Crippen molar-refractivity contribution in [2.45, 2.75) is 0 Å². The Morgan fingerprint density at radius 3 is 2.75 bits per heavy atom. The topological polar surface area (TPSA) is 75.4 Å². The van der Waals surface area contributed by atoms with Crippen molar-refractivity contribution in [3.63, 3.8) is 0 Å². The average molecular weight is 272 g/mol. The molecule has 4 N–H and O–H groups in total. The van der Waals surface area contributed by atoms with Crippen LogP contribution in [0.25, 0.3) is 6.08 Å². The third-order valence-corrected chi connectivity index (χ3v) is 2.55. The highest BCUT2D eigenvalue weighted by Crippen LogP contribution is 2.19. The minimum atomic E-state index is -0.789. The summed E-state index contributed by atoms with van der Waals surface area (Å²) in [4.78, 5) is 11.7. The van der Waals surface area contributed by atoms with Gasteiger partial charge in [0.25, 0.3) is 0 Å². The second kappa shape index (κ2) is 5.88. The Kier molecular flexibility index (Phi) is 4.00. The molecule has 0 aliphatic rings. The number of amides is 1. The number of carbonyl (C=O) groups is 1. The third kappa shape index (κ3) is 3.58. The minimum Gasteiger partial charge on any atom is -0.505 e. The zero-order valence-electron chi connectivity index (χ0n) is 10.5. The SMILES string of the molecule is Nc1cccc(/C=C/C(=O)Nc2ccc(O)c(F)c2)c1. The zero-order valence-corrected chi connectivity index (χ0v) is 10.5. The number of nitrogens with two attached hydrogens (primary N) is 1. The molecule has 0 aliphatic carbocycles. The standard InChI is InChI=1S/C15H13FN2O2/c16-13-9-12(5-6-14(13)19)18-15(20)7-4-10-2-1-3-11(17)8-10/h1-9,19H,17H2,(H,18,20)/b7-4+. The molecule has 5 heteroatoms. The van der Waals surface area contributed by atoms with Gasteiger partial charge in [-0.05, 0) is 35.9 Å². The lowest BCUT2D eigenvalue weighted by Gasteiger charge is -2.03. The van der Waals surface area contributed by atoms with Crippen molar-refractivity contribution < 1.29 is 14.3 Å². The van der Waals surface area contributed by atoms with Gasteiger partial charge >= 0.3 is 0 Å². The Hall–Kier alpha value is -2.82. The molecule has 0 atom stereocenters. The van der Waals surface area contributed by atoms with E-state index in [-0.39, 0.29) is 5.69 Å². The second-order valence-corrected chi connectivity index (χ2v) is 4.16. The fraction of sp³-hybridized carbons (Fsp3) is 0. The van der Waals surface area contributed by atoms with E-state index < -0.39 is 17.5 Å². The lowest BCUT2D eigenvalue weighted by atomic mass is 10.2. The van der Waals surface area contributed by atoms with E-state index in [1.165, 1.54) is 18.2 Å². The van der Waals surface area contributed by atoms with E-state index in [2.05, 4.69) is 5.32 Å². The molecule has 2 aromatic rings. The molecule has 4 nitrogen and oxygen atoms in total. The highest BCUT2D eigenvalue weighted by Gasteiger charge is 2.03. The Bertz CT molecular complexity index is 669. The maximum absolute atomic E-state index is 13.1. The van der Waals surface area contributed by atoms with Crippen LogP contribution in [0, 0.1) is 5.82 Å². The van der Waals surface area contributed by atoms with Gasteiger partial charge in [-0.25, -0.2) is 4.39 Å². The van der Waals surface area contributed by atoms with Crippen LogP contribution in [-0.2, 0) is 4.79 Å². The summed E-state index contributed by atoms with van der Waals surface area (Å²) in [6, 6.07) is 10.7. The van der Waals surface area contributed by atoms with Crippen molar-refractivity contribution in [1.29, 1.82) is 0 Å². The lowest BCUT2D eigenvalue weighted by Crippen LogP contribution is -2.07. The summed E-state index contributed by atoms with van der Waals surface area (Å²) in [6.45, 7) is 0. The maximum Gasteiger partial charge on any atom is 0.248 e. The quantitative estimate of drug-likeness (QED) is 0.457. The van der Waals surface area contributed by atoms with Gasteiger partial charge < -0.3 is 16.2 Å². The summed E-state index contributed by atoms with van der Waals surface area (Å²) in [6.07, 6.45) is 2.92. The van der Waals surface area contributed by atoms with Gasteiger partial charge in [-0.1, -0.05) is 12.1 Å². The second-order valence-electron chi connectivity index (χ2n) is 4.16. The predicted octanol–water partition coefficient (Wildman–Crippen LogP) is 2.77. The van der Waals surface area contributed by atoms with Gasteiger partial charge in [0.05, 0.1) is 0 Å². The Balaban J connectivity index is 2.03. The molecule has 0 radical (unpaired) electrons. The van der Waals surface area contributed by atoms with Crippen LogP contribution in [0.3, 0.4) is 0 Å². The Morgan fingerprint density at radius 2 is 2.05 bits per heavy atom. The fourth-order valence-corrected chi connectivity index (χ4v) is 1.60. The molecule has 0 aliphatic heterocycles. The first-order valence-electron chi connectivity index (χ1n) is 5.88. The van der Waals surface area contributed by atoms with E-state index in [9.17, 15) is 9.18 Å². The van der Waals surface area contributed by atoms with Gasteiger partial charge in [0.2, 0.25) is 5.91 Å². The molecule has 0 bridgehead atoms. The Labute approximate surface area is 115 Å². The summed E-state index contributed by atoms with van der Waals surface area (Å²) in [7, 11) is 0. The van der Waals surface area contributed by atoms with Crippen LogP contribution >= 0.6 is 0 Å². The number of nitrogens with one attached hydrogen (secondary N) is 1. The molecule has 2 rings (SSSR count). The van der Waals surface area contributed by atoms with Crippen LogP contribution in [0.15, 0.2) is 48.5 Å². The number of rotatable bonds is 3. The van der Waals surface area contributed by atoms with Crippen LogP contribution in [-0.4, -0.2) is 11.0 Å². The van der Waals surface area contributed by atoms with Crippen molar-refractivity contribution in [3.05, 3.63) is 59.9 Å². The van der Waals surface area contributed by atoms with Crippen molar-refractivity contribution >= 4 is 23.4 Å². The van der Waals surface area contributed by atoms with Crippen LogP contribution in [0.1, 0.15) is 5.56 Å². The van der Waals surface area contributed by atoms with Gasteiger partial charge in [-0.2, -0.15) is 0 Å². The lowest BCUT2D eigenvalue weighted by molar-refractivity contribution is -0.111. The molecular weight excluding hydrogens is 259 g/mol. The highest BCUT2D eigenvalue weighted by atomic mass is 19.1. The van der Waals surface area contributed by atoms with E-state index >= 15 is 0 Å². The summed E-state index contributed by atoms with van der Waals surface area (Å²) >= 11 is 0. The van der Waals surface area contributed by atoms with Gasteiger partial charge in [-0.15, -0.1) is 0 Å². The number of phenolic OH excluding ortho intramolecular Hbond substituents is 1. The summed E-state index contributed by atoms with van der Waals surface area (Å²) < 4.78 is 13.1. The molecule has 0 spiro atoms. The average Bonchev–Trinajstić information content (AvgIpc) is 2.41. The highest BCUT2D eigenvalue weighted by molar-refractivity contribution is 6.02. The predicted molar refractivity (Wildman–Crippen MR) is 76.6 cm³/mol. The molecule has 0 saturated heterocycles. The number of aromatic hydroxyl groups is 1. The number of halogens is 1. The van der Waals surface area contributed by atoms with Crippen molar-refractivity contribution in [2.24, 2.45) is 0 Å². The van der Waals surface area contributed by atoms with Crippen LogP contribution in [0.5, 0.6) is 5.75 Å². The number of hydrogen-bond acceptors (Lipinski definition) is 3. The molecule has 0 unspecified atom stereocenters.